The Morgan fingerprint density at radius 3 is 2.50 bits per heavy atom. The number of hydrogen-bond donors (Lipinski definition) is 2. The molecule has 2 fully saturated rings. The van der Waals surface area contributed by atoms with Crippen LogP contribution in [0.2, 0.25) is 0 Å². The number of nitrogens with zero attached hydrogens (tertiary/aromatic N) is 3. The maximum absolute atomic E-state index is 11.1. The maximum atomic E-state index is 11.1. The molecule has 3 aromatic rings. The van der Waals surface area contributed by atoms with Gasteiger partial charge in [0.15, 0.2) is 17.3 Å². The third-order valence-corrected chi connectivity index (χ3v) is 8.76. The molecule has 0 saturated carbocycles. The number of piperidine rings is 1. The number of likely N-dealkylation sites (tertiary alicyclic amines) is 1. The second kappa shape index (κ2) is 12.3. The first-order valence-corrected chi connectivity index (χ1v) is 14.5. The molecule has 0 aliphatic carbocycles. The van der Waals surface area contributed by atoms with Crippen LogP contribution < -0.4 is 10.3 Å². The first kappa shape index (κ1) is 27.3. The van der Waals surface area contributed by atoms with Crippen LogP contribution in [0.25, 0.3) is 11.0 Å². The molecule has 4 atom stereocenters. The van der Waals surface area contributed by atoms with Crippen molar-refractivity contribution in [2.24, 2.45) is 11.7 Å². The molecule has 2 aliphatic heterocycles. The Bertz CT molecular complexity index is 1190. The van der Waals surface area contributed by atoms with Crippen molar-refractivity contribution in [1.82, 2.24) is 9.47 Å². The summed E-state index contributed by atoms with van der Waals surface area (Å²) < 4.78 is 16.9. The van der Waals surface area contributed by atoms with E-state index in [0.717, 1.165) is 51.0 Å². The number of β-amino-alcohol motifs (C(OH)–C–C–N with tert-alkyl or cyclic N) is 1. The van der Waals surface area contributed by atoms with E-state index in [0.29, 0.717) is 25.6 Å². The number of aliphatic hydroxyl groups is 1. The molecule has 0 amide bonds. The van der Waals surface area contributed by atoms with Crippen molar-refractivity contribution >= 4 is 11.0 Å². The molecular formula is C31H45N4O3+. The fraction of sp³-hybridized carbons (Fsp3) is 0.581. The first-order valence-electron chi connectivity index (χ1n) is 14.5. The van der Waals surface area contributed by atoms with E-state index in [1.54, 1.807) is 0 Å². The molecular weight excluding hydrogens is 476 g/mol. The molecule has 38 heavy (non-hydrogen) atoms. The van der Waals surface area contributed by atoms with E-state index in [9.17, 15) is 5.11 Å². The number of aryl methyl sites for hydroxylation is 2. The molecule has 0 spiro atoms. The molecule has 2 aromatic carbocycles. The Morgan fingerprint density at radius 1 is 1.05 bits per heavy atom. The van der Waals surface area contributed by atoms with Gasteiger partial charge in [-0.1, -0.05) is 43.3 Å². The number of nitrogens with two attached hydrogens (primary N) is 1. The number of hydrogen-bond acceptors (Lipinski definition) is 5. The van der Waals surface area contributed by atoms with E-state index in [-0.39, 0.29) is 18.3 Å². The lowest BCUT2D eigenvalue weighted by molar-refractivity contribution is -0.676. The van der Waals surface area contributed by atoms with Gasteiger partial charge >= 0.3 is 0 Å². The van der Waals surface area contributed by atoms with Crippen LogP contribution in [-0.4, -0.2) is 53.0 Å². The van der Waals surface area contributed by atoms with Crippen molar-refractivity contribution in [2.75, 3.05) is 26.2 Å². The fourth-order valence-electron chi connectivity index (χ4n) is 6.45. The Hall–Kier alpha value is -2.29. The Kier molecular flexibility index (Phi) is 8.81. The normalized spacial score (nSPS) is 23.1. The van der Waals surface area contributed by atoms with Crippen molar-refractivity contribution in [1.29, 1.82) is 0 Å². The van der Waals surface area contributed by atoms with Gasteiger partial charge in [-0.2, -0.15) is 0 Å². The molecule has 1 unspecified atom stereocenters. The van der Waals surface area contributed by atoms with Gasteiger partial charge in [-0.05, 0) is 69.8 Å². The summed E-state index contributed by atoms with van der Waals surface area (Å²) in [5.41, 5.74) is 11.2. The van der Waals surface area contributed by atoms with Gasteiger partial charge in [-0.25, -0.2) is 9.13 Å². The lowest BCUT2D eigenvalue weighted by atomic mass is 9.88. The molecule has 0 radical (unpaired) electrons. The highest BCUT2D eigenvalue weighted by Crippen LogP contribution is 2.33. The van der Waals surface area contributed by atoms with Gasteiger partial charge in [0.05, 0.1) is 38.4 Å². The highest BCUT2D eigenvalue weighted by molar-refractivity contribution is 5.73. The van der Waals surface area contributed by atoms with E-state index in [2.05, 4.69) is 53.0 Å². The average molecular weight is 522 g/mol. The molecule has 7 heteroatoms. The van der Waals surface area contributed by atoms with Crippen molar-refractivity contribution in [2.45, 2.75) is 84.1 Å². The predicted molar refractivity (Wildman–Crippen MR) is 150 cm³/mol. The third-order valence-electron chi connectivity index (χ3n) is 8.76. The number of ether oxygens (including phenoxy) is 2. The van der Waals surface area contributed by atoms with Crippen LogP contribution in [0.1, 0.15) is 69.2 Å². The van der Waals surface area contributed by atoms with Crippen LogP contribution in [0, 0.1) is 5.92 Å². The van der Waals surface area contributed by atoms with Gasteiger partial charge < -0.3 is 25.2 Å². The van der Waals surface area contributed by atoms with Crippen molar-refractivity contribution < 1.29 is 19.1 Å². The number of aliphatic hydroxyl groups excluding tert-OH is 1. The second-order valence-corrected chi connectivity index (χ2v) is 10.9. The third kappa shape index (κ3) is 5.54. The summed E-state index contributed by atoms with van der Waals surface area (Å²) in [5, 5.41) is 11.1. The van der Waals surface area contributed by atoms with E-state index < -0.39 is 6.10 Å². The molecule has 3 N–H and O–H groups in total. The molecule has 5 rings (SSSR count). The Morgan fingerprint density at radius 2 is 1.82 bits per heavy atom. The summed E-state index contributed by atoms with van der Waals surface area (Å²) in [7, 11) is 0. The molecule has 1 aromatic heterocycles. The van der Waals surface area contributed by atoms with Crippen LogP contribution in [-0.2, 0) is 29.1 Å². The van der Waals surface area contributed by atoms with Gasteiger partial charge in [0.25, 0.3) is 5.82 Å². The highest BCUT2D eigenvalue weighted by Gasteiger charge is 2.33. The number of imidazole rings is 1. The number of benzene rings is 2. The standard InChI is InChI=1S/C31H45N4O3/c1-4-34-26-12-11-25(19-27(26)35(5-2)30(34)20-32)23-13-16-33(17-14-23)21-28(36)22(3)29-15-18-37-31(38-29)24-9-7-6-8-10-24/h6-12,19,22-23,28-29,31,36H,4-5,13-18,20-21,32H2,1-3H3/q+1/t22-,28+,29-,31?/m1/s1. The molecule has 3 heterocycles. The molecule has 2 aliphatic rings. The van der Waals surface area contributed by atoms with Gasteiger partial charge in [0.1, 0.15) is 0 Å². The molecule has 206 valence electrons. The second-order valence-electron chi connectivity index (χ2n) is 10.9. The quantitative estimate of drug-likeness (QED) is 0.415. The van der Waals surface area contributed by atoms with E-state index in [1.165, 1.54) is 22.4 Å². The van der Waals surface area contributed by atoms with Crippen LogP contribution in [0.15, 0.2) is 48.5 Å². The fourth-order valence-corrected chi connectivity index (χ4v) is 6.45. The van der Waals surface area contributed by atoms with Crippen LogP contribution in [0.3, 0.4) is 0 Å². The van der Waals surface area contributed by atoms with Gasteiger partial charge in [0, 0.05) is 18.0 Å². The maximum Gasteiger partial charge on any atom is 0.271 e. The predicted octanol–water partition coefficient (Wildman–Crippen LogP) is 4.11. The van der Waals surface area contributed by atoms with Crippen molar-refractivity contribution in [3.63, 3.8) is 0 Å². The summed E-state index contributed by atoms with van der Waals surface area (Å²) in [5.74, 6) is 1.80. The van der Waals surface area contributed by atoms with Gasteiger partial charge in [-0.15, -0.1) is 0 Å². The van der Waals surface area contributed by atoms with Gasteiger partial charge in [-0.3, -0.25) is 0 Å². The van der Waals surface area contributed by atoms with Crippen molar-refractivity contribution in [3.05, 3.63) is 65.5 Å². The zero-order chi connectivity index (χ0) is 26.6. The minimum atomic E-state index is -0.422. The Balaban J connectivity index is 1.18. The lowest BCUT2D eigenvalue weighted by Crippen LogP contribution is -2.44. The number of aromatic nitrogens is 2. The highest BCUT2D eigenvalue weighted by atomic mass is 16.7. The summed E-state index contributed by atoms with van der Waals surface area (Å²) in [6.45, 7) is 12.3. The number of fused-ring (bicyclic) bond motifs is 1. The zero-order valence-corrected chi connectivity index (χ0v) is 23.3. The van der Waals surface area contributed by atoms with Crippen LogP contribution >= 0.6 is 0 Å². The monoisotopic (exact) mass is 521 g/mol. The summed E-state index contributed by atoms with van der Waals surface area (Å²) >= 11 is 0. The topological polar surface area (TPSA) is 76.8 Å². The molecule has 7 nitrogen and oxygen atoms in total. The van der Waals surface area contributed by atoms with Crippen molar-refractivity contribution in [3.8, 4) is 0 Å². The SMILES string of the molecule is CCn1c(CN)[n+](CC)c2ccc(C3CCN(C[C@H](O)[C@@H](C)[C@H]4CCOC(c5ccccc5)O4)CC3)cc21. The summed E-state index contributed by atoms with van der Waals surface area (Å²) in [6.07, 6.45) is 2.26. The van der Waals surface area contributed by atoms with Gasteiger partial charge in [0.2, 0.25) is 0 Å². The molecule has 2 saturated heterocycles. The van der Waals surface area contributed by atoms with E-state index >= 15 is 0 Å². The van der Waals surface area contributed by atoms with E-state index in [4.69, 9.17) is 15.2 Å². The number of rotatable bonds is 9. The summed E-state index contributed by atoms with van der Waals surface area (Å²) in [6, 6.07) is 17.1. The lowest BCUT2D eigenvalue weighted by Gasteiger charge is -2.38. The zero-order valence-electron chi connectivity index (χ0n) is 23.3. The Labute approximate surface area is 227 Å². The van der Waals surface area contributed by atoms with E-state index in [1.807, 2.05) is 30.3 Å². The smallest absolute Gasteiger partial charge is 0.271 e. The van der Waals surface area contributed by atoms with Crippen LogP contribution in [0.5, 0.6) is 0 Å². The van der Waals surface area contributed by atoms with Crippen LogP contribution in [0.4, 0.5) is 0 Å². The largest absolute Gasteiger partial charge is 0.391 e. The molecule has 0 bridgehead atoms. The minimum Gasteiger partial charge on any atom is -0.391 e. The summed E-state index contributed by atoms with van der Waals surface area (Å²) in [4.78, 5) is 2.43. The average Bonchev–Trinajstić information content (AvgIpc) is 3.29. The minimum absolute atomic E-state index is 0.00711. The first-order chi connectivity index (χ1) is 18.5.